The number of rotatable bonds is 7. The first kappa shape index (κ1) is 15.8. The van der Waals surface area contributed by atoms with Crippen LogP contribution in [0, 0.1) is 0 Å². The normalized spacial score (nSPS) is 11.1. The fourth-order valence-electron chi connectivity index (χ4n) is 1.05. The maximum Gasteiger partial charge on any atom is 0.102 e. The minimum absolute atomic E-state index is 0. The Hall–Kier alpha value is 0.360. The van der Waals surface area contributed by atoms with E-state index in [2.05, 4.69) is 14.0 Å². The zero-order valence-electron chi connectivity index (χ0n) is 9.18. The maximum atomic E-state index is 5.06. The molecular formula is C9H22BrNO2. The molecule has 0 heterocycles. The summed E-state index contributed by atoms with van der Waals surface area (Å²) < 4.78 is 11.2. The van der Waals surface area contributed by atoms with Gasteiger partial charge in [0.25, 0.3) is 0 Å². The van der Waals surface area contributed by atoms with Gasteiger partial charge in [-0.1, -0.05) is 0 Å². The molecule has 0 saturated carbocycles. The molecule has 0 aromatic carbocycles. The van der Waals surface area contributed by atoms with E-state index in [0.29, 0.717) is 0 Å². The number of methoxy groups -OCH3 is 2. The number of halogens is 1. The second-order valence-corrected chi connectivity index (χ2v) is 3.37. The molecule has 0 atom stereocenters. The molecule has 0 N–H and O–H groups in total. The van der Waals surface area contributed by atoms with Crippen molar-refractivity contribution in [3.8, 4) is 0 Å². The molecule has 0 aromatic heterocycles. The quantitative estimate of drug-likeness (QED) is 0.479. The van der Waals surface area contributed by atoms with Crippen molar-refractivity contribution in [2.24, 2.45) is 0 Å². The minimum atomic E-state index is 0. The topological polar surface area (TPSA) is 18.5 Å². The zero-order chi connectivity index (χ0) is 9.45. The molecule has 0 spiro atoms. The summed E-state index contributed by atoms with van der Waals surface area (Å²) in [6.45, 7) is 7.12. The standard InChI is InChI=1S/C9H22NO2.BrH/c1-5-10(2,6-8-11-3)7-9-12-4;/h5-9H2,1-4H3;1H/q+1;/p-1. The summed E-state index contributed by atoms with van der Waals surface area (Å²) in [5.74, 6) is 0. The van der Waals surface area contributed by atoms with Crippen LogP contribution in [0.1, 0.15) is 6.92 Å². The maximum absolute atomic E-state index is 5.06. The lowest BCUT2D eigenvalue weighted by atomic mass is 10.4. The summed E-state index contributed by atoms with van der Waals surface area (Å²) in [4.78, 5) is 0. The van der Waals surface area contributed by atoms with Crippen LogP contribution in [-0.2, 0) is 9.47 Å². The van der Waals surface area contributed by atoms with E-state index in [0.717, 1.165) is 37.3 Å². The molecule has 0 rings (SSSR count). The van der Waals surface area contributed by atoms with E-state index < -0.39 is 0 Å². The average molecular weight is 256 g/mol. The van der Waals surface area contributed by atoms with Crippen LogP contribution >= 0.6 is 0 Å². The molecular weight excluding hydrogens is 234 g/mol. The van der Waals surface area contributed by atoms with Crippen LogP contribution in [0.3, 0.4) is 0 Å². The first-order valence-electron chi connectivity index (χ1n) is 4.50. The molecule has 3 nitrogen and oxygen atoms in total. The van der Waals surface area contributed by atoms with Crippen molar-refractivity contribution >= 4 is 0 Å². The van der Waals surface area contributed by atoms with Gasteiger partial charge < -0.3 is 30.9 Å². The summed E-state index contributed by atoms with van der Waals surface area (Å²) in [6, 6.07) is 0. The van der Waals surface area contributed by atoms with Crippen LogP contribution in [0.2, 0.25) is 0 Å². The molecule has 13 heavy (non-hydrogen) atoms. The van der Waals surface area contributed by atoms with Gasteiger partial charge >= 0.3 is 0 Å². The molecule has 0 saturated heterocycles. The summed E-state index contributed by atoms with van der Waals surface area (Å²) in [6.07, 6.45) is 0. The van der Waals surface area contributed by atoms with Crippen LogP contribution in [0.15, 0.2) is 0 Å². The highest BCUT2D eigenvalue weighted by Crippen LogP contribution is 2.00. The number of hydrogen-bond donors (Lipinski definition) is 0. The summed E-state index contributed by atoms with van der Waals surface area (Å²) >= 11 is 0. The Bertz CT molecular complexity index is 104. The second-order valence-electron chi connectivity index (χ2n) is 3.37. The lowest BCUT2D eigenvalue weighted by molar-refractivity contribution is -0.908. The smallest absolute Gasteiger partial charge is 0.102 e. The predicted molar refractivity (Wildman–Crippen MR) is 50.2 cm³/mol. The van der Waals surface area contributed by atoms with Crippen LogP contribution in [-0.4, -0.2) is 58.6 Å². The van der Waals surface area contributed by atoms with Crippen molar-refractivity contribution < 1.29 is 30.9 Å². The molecule has 0 aliphatic carbocycles. The monoisotopic (exact) mass is 255 g/mol. The molecule has 0 unspecified atom stereocenters. The van der Waals surface area contributed by atoms with Gasteiger partial charge in [-0.2, -0.15) is 0 Å². The van der Waals surface area contributed by atoms with Gasteiger partial charge in [0.2, 0.25) is 0 Å². The Morgan fingerprint density at radius 1 is 1.00 bits per heavy atom. The van der Waals surface area contributed by atoms with E-state index in [4.69, 9.17) is 9.47 Å². The third kappa shape index (κ3) is 7.43. The largest absolute Gasteiger partial charge is 1.00 e. The molecule has 0 amide bonds. The third-order valence-electron chi connectivity index (χ3n) is 2.43. The van der Waals surface area contributed by atoms with Gasteiger partial charge in [-0.25, -0.2) is 0 Å². The first-order chi connectivity index (χ1) is 5.68. The van der Waals surface area contributed by atoms with Gasteiger partial charge in [-0.05, 0) is 6.92 Å². The molecule has 4 heteroatoms. The van der Waals surface area contributed by atoms with Gasteiger partial charge in [-0.3, -0.25) is 0 Å². The molecule has 0 bridgehead atoms. The van der Waals surface area contributed by atoms with Gasteiger partial charge in [0.1, 0.15) is 13.1 Å². The lowest BCUT2D eigenvalue weighted by Gasteiger charge is -2.32. The molecule has 0 radical (unpaired) electrons. The molecule has 82 valence electrons. The molecule has 0 fully saturated rings. The van der Waals surface area contributed by atoms with Gasteiger partial charge in [-0.15, -0.1) is 0 Å². The Kier molecular flexibility index (Phi) is 10.9. The van der Waals surface area contributed by atoms with Crippen molar-refractivity contribution in [3.05, 3.63) is 0 Å². The van der Waals surface area contributed by atoms with Crippen LogP contribution in [0.5, 0.6) is 0 Å². The van der Waals surface area contributed by atoms with E-state index >= 15 is 0 Å². The van der Waals surface area contributed by atoms with Crippen molar-refractivity contribution in [1.29, 1.82) is 0 Å². The zero-order valence-corrected chi connectivity index (χ0v) is 10.8. The van der Waals surface area contributed by atoms with Gasteiger partial charge in [0, 0.05) is 14.2 Å². The number of ether oxygens (including phenoxy) is 2. The van der Waals surface area contributed by atoms with E-state index in [1.165, 1.54) is 0 Å². The molecule has 0 aromatic rings. The third-order valence-corrected chi connectivity index (χ3v) is 2.43. The highest BCUT2D eigenvalue weighted by Gasteiger charge is 2.17. The van der Waals surface area contributed by atoms with E-state index in [9.17, 15) is 0 Å². The fraction of sp³-hybridized carbons (Fsp3) is 1.00. The first-order valence-corrected chi connectivity index (χ1v) is 4.50. The fourth-order valence-corrected chi connectivity index (χ4v) is 1.05. The van der Waals surface area contributed by atoms with Crippen molar-refractivity contribution in [2.45, 2.75) is 6.92 Å². The van der Waals surface area contributed by atoms with Crippen LogP contribution in [0.4, 0.5) is 0 Å². The SMILES string of the molecule is CC[N+](C)(CCOC)CCOC.[Br-]. The number of quaternary nitrogens is 1. The second kappa shape index (κ2) is 8.94. The van der Waals surface area contributed by atoms with Gasteiger partial charge in [0.15, 0.2) is 0 Å². The molecule has 0 aliphatic heterocycles. The predicted octanol–water partition coefficient (Wildman–Crippen LogP) is -2.25. The molecule has 0 aliphatic rings. The van der Waals surface area contributed by atoms with E-state index in [-0.39, 0.29) is 17.0 Å². The van der Waals surface area contributed by atoms with Crippen LogP contribution in [0.25, 0.3) is 0 Å². The summed E-state index contributed by atoms with van der Waals surface area (Å²) in [7, 11) is 5.73. The number of hydrogen-bond acceptors (Lipinski definition) is 2. The number of nitrogens with zero attached hydrogens (tertiary/aromatic N) is 1. The van der Waals surface area contributed by atoms with Crippen LogP contribution < -0.4 is 17.0 Å². The average Bonchev–Trinajstić information content (AvgIpc) is 2.11. The highest BCUT2D eigenvalue weighted by atomic mass is 79.9. The van der Waals surface area contributed by atoms with Crippen molar-refractivity contribution in [3.63, 3.8) is 0 Å². The highest BCUT2D eigenvalue weighted by molar-refractivity contribution is 4.36. The van der Waals surface area contributed by atoms with Gasteiger partial charge in [0.05, 0.1) is 26.8 Å². The van der Waals surface area contributed by atoms with E-state index in [1.807, 2.05) is 0 Å². The number of likely N-dealkylation sites (N-methyl/N-ethyl adjacent to an activating group) is 1. The van der Waals surface area contributed by atoms with Crippen molar-refractivity contribution in [1.82, 2.24) is 0 Å². The van der Waals surface area contributed by atoms with E-state index in [1.54, 1.807) is 14.2 Å². The summed E-state index contributed by atoms with van der Waals surface area (Å²) in [5.41, 5.74) is 0. The minimum Gasteiger partial charge on any atom is -1.00 e. The Labute approximate surface area is 92.4 Å². The van der Waals surface area contributed by atoms with Crippen molar-refractivity contribution in [2.75, 3.05) is 54.1 Å². The Morgan fingerprint density at radius 3 is 1.62 bits per heavy atom. The Balaban J connectivity index is 0. The Morgan fingerprint density at radius 2 is 1.38 bits per heavy atom. The lowest BCUT2D eigenvalue weighted by Crippen LogP contribution is -3.00. The summed E-state index contributed by atoms with van der Waals surface area (Å²) in [5, 5.41) is 0.